The summed E-state index contributed by atoms with van der Waals surface area (Å²) in [6.45, 7) is 0. The van der Waals surface area contributed by atoms with Crippen LogP contribution in [0, 0.1) is 5.82 Å². The van der Waals surface area contributed by atoms with Gasteiger partial charge >= 0.3 is 5.97 Å². The summed E-state index contributed by atoms with van der Waals surface area (Å²) in [7, 11) is 1.29. The first-order chi connectivity index (χ1) is 9.06. The van der Waals surface area contributed by atoms with Crippen molar-refractivity contribution in [3.05, 3.63) is 58.5 Å². The van der Waals surface area contributed by atoms with Gasteiger partial charge in [0.15, 0.2) is 0 Å². The van der Waals surface area contributed by atoms with Crippen molar-refractivity contribution in [2.45, 2.75) is 12.8 Å². The molecule has 0 aromatic heterocycles. The predicted octanol–water partition coefficient (Wildman–Crippen LogP) is 2.90. The SMILES string of the molecule is COC(=O)/C(=C/C(Cl)=C\N)CCc1cccc(F)c1. The highest BCUT2D eigenvalue weighted by Crippen LogP contribution is 2.15. The Morgan fingerprint density at radius 3 is 2.84 bits per heavy atom. The Kier molecular flexibility index (Phi) is 6.09. The fourth-order valence-corrected chi connectivity index (χ4v) is 1.68. The van der Waals surface area contributed by atoms with E-state index < -0.39 is 5.97 Å². The third-order valence-corrected chi connectivity index (χ3v) is 2.73. The molecule has 0 atom stereocenters. The second kappa shape index (κ2) is 7.59. The third kappa shape index (κ3) is 5.14. The highest BCUT2D eigenvalue weighted by Gasteiger charge is 2.10. The summed E-state index contributed by atoms with van der Waals surface area (Å²) < 4.78 is 17.7. The van der Waals surface area contributed by atoms with E-state index in [0.29, 0.717) is 18.4 Å². The molecule has 0 bridgehead atoms. The number of allylic oxidation sites excluding steroid dienone is 2. The van der Waals surface area contributed by atoms with Crippen molar-refractivity contribution in [1.29, 1.82) is 0 Å². The fraction of sp³-hybridized carbons (Fsp3) is 0.214. The molecule has 1 aromatic rings. The van der Waals surface area contributed by atoms with Crippen molar-refractivity contribution in [1.82, 2.24) is 0 Å². The summed E-state index contributed by atoms with van der Waals surface area (Å²) >= 11 is 5.76. The average Bonchev–Trinajstić information content (AvgIpc) is 2.42. The number of carbonyl (C=O) groups is 1. The minimum Gasteiger partial charge on any atom is -0.466 e. The lowest BCUT2D eigenvalue weighted by atomic mass is 10.0. The zero-order valence-electron chi connectivity index (χ0n) is 10.5. The molecule has 1 aromatic carbocycles. The van der Waals surface area contributed by atoms with Gasteiger partial charge in [-0.15, -0.1) is 0 Å². The van der Waals surface area contributed by atoms with Gasteiger partial charge in [-0.2, -0.15) is 0 Å². The molecule has 0 spiro atoms. The first-order valence-corrected chi connectivity index (χ1v) is 6.05. The van der Waals surface area contributed by atoms with Crippen LogP contribution in [-0.2, 0) is 16.0 Å². The summed E-state index contributed by atoms with van der Waals surface area (Å²) in [5, 5.41) is 0.250. The van der Waals surface area contributed by atoms with E-state index in [1.165, 1.54) is 31.5 Å². The number of nitrogens with two attached hydrogens (primary N) is 1. The zero-order valence-corrected chi connectivity index (χ0v) is 11.3. The average molecular weight is 284 g/mol. The zero-order chi connectivity index (χ0) is 14.3. The van der Waals surface area contributed by atoms with E-state index in [1.807, 2.05) is 0 Å². The second-order valence-corrected chi connectivity index (χ2v) is 4.28. The molecule has 3 nitrogen and oxygen atoms in total. The summed E-state index contributed by atoms with van der Waals surface area (Å²) in [6, 6.07) is 6.21. The van der Waals surface area contributed by atoms with Crippen LogP contribution in [0.15, 0.2) is 47.1 Å². The van der Waals surface area contributed by atoms with Crippen molar-refractivity contribution in [3.8, 4) is 0 Å². The molecule has 0 saturated heterocycles. The molecule has 0 aliphatic carbocycles. The van der Waals surface area contributed by atoms with Crippen LogP contribution in [0.2, 0.25) is 0 Å². The summed E-state index contributed by atoms with van der Waals surface area (Å²) in [6.07, 6.45) is 3.53. The van der Waals surface area contributed by atoms with Gasteiger partial charge in [-0.1, -0.05) is 23.7 Å². The molecule has 0 amide bonds. The van der Waals surface area contributed by atoms with E-state index in [4.69, 9.17) is 17.3 Å². The molecule has 0 radical (unpaired) electrons. The number of halogens is 2. The molecule has 2 N–H and O–H groups in total. The quantitative estimate of drug-likeness (QED) is 0.513. The van der Waals surface area contributed by atoms with Crippen molar-refractivity contribution >= 4 is 17.6 Å². The lowest BCUT2D eigenvalue weighted by Crippen LogP contribution is -2.06. The molecule has 5 heteroatoms. The lowest BCUT2D eigenvalue weighted by Gasteiger charge is -2.06. The molecule has 102 valence electrons. The molecule has 0 fully saturated rings. The Morgan fingerprint density at radius 1 is 1.53 bits per heavy atom. The van der Waals surface area contributed by atoms with Gasteiger partial charge in [0, 0.05) is 11.8 Å². The third-order valence-electron chi connectivity index (χ3n) is 2.49. The number of carbonyl (C=O) groups excluding carboxylic acids is 1. The van der Waals surface area contributed by atoms with E-state index >= 15 is 0 Å². The van der Waals surface area contributed by atoms with Crippen LogP contribution in [-0.4, -0.2) is 13.1 Å². The van der Waals surface area contributed by atoms with Gasteiger partial charge < -0.3 is 10.5 Å². The van der Waals surface area contributed by atoms with Crippen molar-refractivity contribution < 1.29 is 13.9 Å². The van der Waals surface area contributed by atoms with Crippen LogP contribution in [0.5, 0.6) is 0 Å². The van der Waals surface area contributed by atoms with Crippen molar-refractivity contribution in [2.24, 2.45) is 5.73 Å². The minimum absolute atomic E-state index is 0.250. The second-order valence-electron chi connectivity index (χ2n) is 3.84. The highest BCUT2D eigenvalue weighted by molar-refractivity contribution is 6.31. The van der Waals surface area contributed by atoms with Crippen molar-refractivity contribution in [3.63, 3.8) is 0 Å². The number of rotatable bonds is 5. The van der Waals surface area contributed by atoms with Crippen LogP contribution >= 0.6 is 11.6 Å². The van der Waals surface area contributed by atoms with Gasteiger partial charge in [0.25, 0.3) is 0 Å². The molecule has 0 unspecified atom stereocenters. The summed E-state index contributed by atoms with van der Waals surface area (Å²) in [5.74, 6) is -0.780. The van der Waals surface area contributed by atoms with Gasteiger partial charge in [0.05, 0.1) is 12.1 Å². The standard InChI is InChI=1S/C14H15ClFNO2/c1-19-14(18)11(8-12(15)9-17)6-5-10-3-2-4-13(16)7-10/h2-4,7-9H,5-6,17H2,1H3/b11-8+,12-9+. The molecule has 0 saturated carbocycles. The Morgan fingerprint density at radius 2 is 2.26 bits per heavy atom. The van der Waals surface area contributed by atoms with Gasteiger partial charge in [-0.3, -0.25) is 0 Å². The highest BCUT2D eigenvalue weighted by atomic mass is 35.5. The largest absolute Gasteiger partial charge is 0.466 e. The van der Waals surface area contributed by atoms with Gasteiger partial charge in [0.1, 0.15) is 5.82 Å². The normalized spacial score (nSPS) is 12.4. The molecule has 1 rings (SSSR count). The van der Waals surface area contributed by atoms with E-state index in [2.05, 4.69) is 4.74 Å². The maximum absolute atomic E-state index is 13.0. The predicted molar refractivity (Wildman–Crippen MR) is 72.9 cm³/mol. The van der Waals surface area contributed by atoms with Crippen LogP contribution in [0.25, 0.3) is 0 Å². The van der Waals surface area contributed by atoms with E-state index in [0.717, 1.165) is 5.56 Å². The maximum atomic E-state index is 13.0. The number of benzene rings is 1. The Labute approximate surface area is 116 Å². The van der Waals surface area contributed by atoms with Gasteiger partial charge in [-0.05, 0) is 36.6 Å². The monoisotopic (exact) mass is 283 g/mol. The van der Waals surface area contributed by atoms with Crippen LogP contribution in [0.1, 0.15) is 12.0 Å². The van der Waals surface area contributed by atoms with Crippen LogP contribution < -0.4 is 5.73 Å². The number of aryl methyl sites for hydroxylation is 1. The lowest BCUT2D eigenvalue weighted by molar-refractivity contribution is -0.136. The van der Waals surface area contributed by atoms with Gasteiger partial charge in [-0.25, -0.2) is 9.18 Å². The Bertz CT molecular complexity index is 512. The minimum atomic E-state index is -0.476. The van der Waals surface area contributed by atoms with E-state index in [1.54, 1.807) is 12.1 Å². The molecule has 0 heterocycles. The molecular weight excluding hydrogens is 269 g/mol. The van der Waals surface area contributed by atoms with E-state index in [9.17, 15) is 9.18 Å². The van der Waals surface area contributed by atoms with Crippen molar-refractivity contribution in [2.75, 3.05) is 7.11 Å². The first kappa shape index (κ1) is 15.2. The molecule has 0 aliphatic heterocycles. The van der Waals surface area contributed by atoms with Crippen LogP contribution in [0.4, 0.5) is 4.39 Å². The molecule has 19 heavy (non-hydrogen) atoms. The number of methoxy groups -OCH3 is 1. The summed E-state index contributed by atoms with van der Waals surface area (Å²) in [5.41, 5.74) is 6.43. The first-order valence-electron chi connectivity index (χ1n) is 5.67. The number of hydrogen-bond donors (Lipinski definition) is 1. The number of hydrogen-bond acceptors (Lipinski definition) is 3. The molecule has 0 aliphatic rings. The number of ether oxygens (including phenoxy) is 1. The summed E-state index contributed by atoms with van der Waals surface area (Å²) in [4.78, 5) is 11.6. The molecular formula is C14H15ClFNO2. The Hall–Kier alpha value is -1.81. The number of esters is 1. The van der Waals surface area contributed by atoms with Crippen LogP contribution in [0.3, 0.4) is 0 Å². The maximum Gasteiger partial charge on any atom is 0.333 e. The van der Waals surface area contributed by atoms with Gasteiger partial charge in [0.2, 0.25) is 0 Å². The van der Waals surface area contributed by atoms with E-state index in [-0.39, 0.29) is 10.8 Å². The Balaban J connectivity index is 2.79. The fourth-order valence-electron chi connectivity index (χ4n) is 1.55. The topological polar surface area (TPSA) is 52.3 Å². The smallest absolute Gasteiger partial charge is 0.333 e.